The van der Waals surface area contributed by atoms with Crippen LogP contribution in [0.3, 0.4) is 0 Å². The molecule has 96 valence electrons. The normalized spacial score (nSPS) is 10.6. The van der Waals surface area contributed by atoms with Crippen molar-refractivity contribution < 1.29 is 14.3 Å². The van der Waals surface area contributed by atoms with Crippen LogP contribution in [-0.4, -0.2) is 22.6 Å². The van der Waals surface area contributed by atoms with E-state index in [0.717, 1.165) is 12.3 Å². The van der Waals surface area contributed by atoms with Gasteiger partial charge < -0.3 is 14.4 Å². The first-order valence-electron chi connectivity index (χ1n) is 5.60. The Hall–Kier alpha value is -1.82. The lowest BCUT2D eigenvalue weighted by molar-refractivity contribution is 0.0701. The molecule has 18 heavy (non-hydrogen) atoms. The van der Waals surface area contributed by atoms with Gasteiger partial charge in [-0.2, -0.15) is 0 Å². The second-order valence-corrected chi connectivity index (χ2v) is 4.79. The number of hydrogen-bond acceptors (Lipinski definition) is 5. The Balaban J connectivity index is 2.22. The lowest BCUT2D eigenvalue weighted by Crippen LogP contribution is -2.21. The summed E-state index contributed by atoms with van der Waals surface area (Å²) in [6.45, 7) is 5.05. The maximum absolute atomic E-state index is 11.0. The zero-order valence-corrected chi connectivity index (χ0v) is 11.0. The van der Waals surface area contributed by atoms with Gasteiger partial charge in [-0.25, -0.2) is 9.78 Å². The fourth-order valence-electron chi connectivity index (χ4n) is 1.62. The molecule has 0 unspecified atom stereocenters. The van der Waals surface area contributed by atoms with Crippen molar-refractivity contribution in [3.63, 3.8) is 0 Å². The highest BCUT2D eigenvalue weighted by Crippen LogP contribution is 2.27. The van der Waals surface area contributed by atoms with Crippen LogP contribution >= 0.6 is 11.3 Å². The molecule has 0 bridgehead atoms. The average molecular weight is 266 g/mol. The first kappa shape index (κ1) is 12.6. The molecule has 0 saturated carbocycles. The van der Waals surface area contributed by atoms with Crippen LogP contribution in [0, 0.1) is 6.92 Å². The minimum Gasteiger partial charge on any atom is -0.477 e. The van der Waals surface area contributed by atoms with Crippen LogP contribution in [0.5, 0.6) is 0 Å². The predicted octanol–water partition coefficient (Wildman–Crippen LogP) is 2.77. The summed E-state index contributed by atoms with van der Waals surface area (Å²) in [7, 11) is 0. The van der Waals surface area contributed by atoms with Crippen LogP contribution in [0.15, 0.2) is 22.8 Å². The molecular formula is C12H14N2O3S. The Kier molecular flexibility index (Phi) is 3.66. The number of aromatic nitrogens is 1. The van der Waals surface area contributed by atoms with Gasteiger partial charge in [0.25, 0.3) is 0 Å². The summed E-state index contributed by atoms with van der Waals surface area (Å²) in [4.78, 5) is 17.6. The Labute approximate surface area is 109 Å². The first-order valence-corrected chi connectivity index (χ1v) is 6.41. The van der Waals surface area contributed by atoms with Crippen molar-refractivity contribution >= 4 is 22.4 Å². The fraction of sp³-hybridized carbons (Fsp3) is 0.333. The van der Waals surface area contributed by atoms with Crippen molar-refractivity contribution in [1.82, 2.24) is 4.98 Å². The summed E-state index contributed by atoms with van der Waals surface area (Å²) in [5.74, 6) is -0.0909. The van der Waals surface area contributed by atoms with Gasteiger partial charge in [0, 0.05) is 6.54 Å². The Bertz CT molecular complexity index is 534. The van der Waals surface area contributed by atoms with E-state index in [2.05, 4.69) is 4.98 Å². The maximum Gasteiger partial charge on any atom is 0.347 e. The highest BCUT2D eigenvalue weighted by Gasteiger charge is 2.18. The summed E-state index contributed by atoms with van der Waals surface area (Å²) in [5.41, 5.74) is 0.556. The van der Waals surface area contributed by atoms with Gasteiger partial charge in [0.05, 0.1) is 18.5 Å². The molecule has 0 fully saturated rings. The zero-order chi connectivity index (χ0) is 13.1. The highest BCUT2D eigenvalue weighted by atomic mass is 32.1. The summed E-state index contributed by atoms with van der Waals surface area (Å²) in [6, 6.07) is 3.72. The second kappa shape index (κ2) is 5.22. The van der Waals surface area contributed by atoms with E-state index in [-0.39, 0.29) is 0 Å². The summed E-state index contributed by atoms with van der Waals surface area (Å²) in [6.07, 6.45) is 1.62. The largest absolute Gasteiger partial charge is 0.477 e. The Morgan fingerprint density at radius 3 is 2.89 bits per heavy atom. The minimum absolute atomic E-state index is 0.294. The number of anilines is 1. The van der Waals surface area contributed by atoms with E-state index in [1.165, 1.54) is 11.3 Å². The van der Waals surface area contributed by atoms with Gasteiger partial charge in [0.2, 0.25) is 0 Å². The smallest absolute Gasteiger partial charge is 0.347 e. The summed E-state index contributed by atoms with van der Waals surface area (Å²) < 4.78 is 5.29. The van der Waals surface area contributed by atoms with Crippen LogP contribution in [0.1, 0.15) is 28.0 Å². The van der Waals surface area contributed by atoms with Crippen LogP contribution in [-0.2, 0) is 6.54 Å². The van der Waals surface area contributed by atoms with Gasteiger partial charge in [0.15, 0.2) is 5.13 Å². The van der Waals surface area contributed by atoms with Gasteiger partial charge in [-0.3, -0.25) is 0 Å². The minimum atomic E-state index is -0.926. The number of carboxylic acids is 1. The molecular weight excluding hydrogens is 252 g/mol. The third kappa shape index (κ3) is 2.53. The van der Waals surface area contributed by atoms with E-state index in [4.69, 9.17) is 9.52 Å². The number of aryl methyl sites for hydroxylation is 1. The molecule has 0 aliphatic rings. The van der Waals surface area contributed by atoms with Crippen LogP contribution in [0.4, 0.5) is 5.13 Å². The molecule has 6 heteroatoms. The molecule has 0 spiro atoms. The van der Waals surface area contributed by atoms with E-state index in [1.807, 2.05) is 24.0 Å². The van der Waals surface area contributed by atoms with Crippen molar-refractivity contribution in [1.29, 1.82) is 0 Å². The molecule has 0 amide bonds. The third-order valence-corrected chi connectivity index (χ3v) is 3.76. The standard InChI is InChI=1S/C12H14N2O3S/c1-3-14(7-9-5-4-6-17-9)12-13-8(2)10(18-12)11(15)16/h4-6H,3,7H2,1-2H3,(H,15,16). The zero-order valence-electron chi connectivity index (χ0n) is 10.2. The van der Waals surface area contributed by atoms with Crippen molar-refractivity contribution in [3.8, 4) is 0 Å². The van der Waals surface area contributed by atoms with Crippen molar-refractivity contribution in [3.05, 3.63) is 34.7 Å². The lowest BCUT2D eigenvalue weighted by Gasteiger charge is -2.17. The monoisotopic (exact) mass is 266 g/mol. The van der Waals surface area contributed by atoms with E-state index in [1.54, 1.807) is 13.2 Å². The molecule has 0 atom stereocenters. The maximum atomic E-state index is 11.0. The molecule has 0 aliphatic heterocycles. The summed E-state index contributed by atoms with van der Waals surface area (Å²) >= 11 is 1.20. The molecule has 2 aromatic heterocycles. The molecule has 1 N–H and O–H groups in total. The molecule has 0 aliphatic carbocycles. The first-order chi connectivity index (χ1) is 8.61. The van der Waals surface area contributed by atoms with E-state index < -0.39 is 5.97 Å². The molecule has 2 rings (SSSR count). The number of rotatable bonds is 5. The van der Waals surface area contributed by atoms with E-state index in [9.17, 15) is 4.79 Å². The Morgan fingerprint density at radius 2 is 2.39 bits per heavy atom. The van der Waals surface area contributed by atoms with Crippen LogP contribution in [0.25, 0.3) is 0 Å². The second-order valence-electron chi connectivity index (χ2n) is 3.81. The number of hydrogen-bond donors (Lipinski definition) is 1. The SMILES string of the molecule is CCN(Cc1ccco1)c1nc(C)c(C(=O)O)s1. The number of carbonyl (C=O) groups is 1. The average Bonchev–Trinajstić information content (AvgIpc) is 2.94. The number of thiazole rings is 1. The molecule has 0 saturated heterocycles. The predicted molar refractivity (Wildman–Crippen MR) is 69.2 cm³/mol. The highest BCUT2D eigenvalue weighted by molar-refractivity contribution is 7.17. The van der Waals surface area contributed by atoms with Gasteiger partial charge >= 0.3 is 5.97 Å². The fourth-order valence-corrected chi connectivity index (χ4v) is 2.59. The Morgan fingerprint density at radius 1 is 1.61 bits per heavy atom. The topological polar surface area (TPSA) is 66.6 Å². The molecule has 5 nitrogen and oxygen atoms in total. The van der Waals surface area contributed by atoms with Gasteiger partial charge in [-0.15, -0.1) is 0 Å². The molecule has 0 radical (unpaired) electrons. The van der Waals surface area contributed by atoms with Gasteiger partial charge in [-0.05, 0) is 26.0 Å². The third-order valence-electron chi connectivity index (χ3n) is 2.56. The van der Waals surface area contributed by atoms with Crippen molar-refractivity contribution in [2.24, 2.45) is 0 Å². The van der Waals surface area contributed by atoms with Crippen LogP contribution < -0.4 is 4.90 Å². The quantitative estimate of drug-likeness (QED) is 0.901. The van der Waals surface area contributed by atoms with Gasteiger partial charge in [-0.1, -0.05) is 11.3 Å². The number of nitrogens with zero attached hydrogens (tertiary/aromatic N) is 2. The van der Waals surface area contributed by atoms with Crippen LogP contribution in [0.2, 0.25) is 0 Å². The summed E-state index contributed by atoms with van der Waals surface area (Å²) in [5, 5.41) is 9.74. The van der Waals surface area contributed by atoms with Crippen molar-refractivity contribution in [2.75, 3.05) is 11.4 Å². The molecule has 2 heterocycles. The molecule has 2 aromatic rings. The number of carboxylic acid groups (broad SMARTS) is 1. The van der Waals surface area contributed by atoms with E-state index in [0.29, 0.717) is 22.2 Å². The van der Waals surface area contributed by atoms with Gasteiger partial charge in [0.1, 0.15) is 10.6 Å². The number of aromatic carboxylic acids is 1. The van der Waals surface area contributed by atoms with Crippen molar-refractivity contribution in [2.45, 2.75) is 20.4 Å². The van der Waals surface area contributed by atoms with E-state index >= 15 is 0 Å². The lowest BCUT2D eigenvalue weighted by atomic mass is 10.4. The number of furan rings is 1. The molecule has 0 aromatic carbocycles.